The smallest absolute Gasteiger partial charge is 0.0695 e. The van der Waals surface area contributed by atoms with Gasteiger partial charge in [-0.2, -0.15) is 0 Å². The van der Waals surface area contributed by atoms with Gasteiger partial charge in [0.2, 0.25) is 0 Å². The maximum Gasteiger partial charge on any atom is 0.0695 e. The second kappa shape index (κ2) is 6.46. The van der Waals surface area contributed by atoms with Crippen molar-refractivity contribution in [1.82, 2.24) is 4.90 Å². The highest BCUT2D eigenvalue weighted by Crippen LogP contribution is 2.23. The molecule has 1 aliphatic carbocycles. The Bertz CT molecular complexity index is 173. The van der Waals surface area contributed by atoms with E-state index in [-0.39, 0.29) is 18.8 Å². The maximum absolute atomic E-state index is 10.1. The standard InChI is InChI=1S/C12H25NO2/c1-10(2)13(8-9-14)11-6-4-3-5-7-12(11)15/h10-12,14-15H,3-9H2,1-2H3. The van der Waals surface area contributed by atoms with Gasteiger partial charge in [0.15, 0.2) is 0 Å². The molecule has 0 aliphatic heterocycles. The van der Waals surface area contributed by atoms with E-state index in [2.05, 4.69) is 18.7 Å². The third-order valence-electron chi connectivity index (χ3n) is 3.39. The molecule has 15 heavy (non-hydrogen) atoms. The zero-order chi connectivity index (χ0) is 11.3. The summed E-state index contributed by atoms with van der Waals surface area (Å²) in [5.41, 5.74) is 0. The molecule has 0 saturated heterocycles. The van der Waals surface area contributed by atoms with E-state index in [4.69, 9.17) is 5.11 Å². The summed E-state index contributed by atoms with van der Waals surface area (Å²) in [6.45, 7) is 5.13. The molecule has 90 valence electrons. The molecule has 0 radical (unpaired) electrons. The third-order valence-corrected chi connectivity index (χ3v) is 3.39. The van der Waals surface area contributed by atoms with Crippen LogP contribution in [0, 0.1) is 0 Å². The van der Waals surface area contributed by atoms with E-state index < -0.39 is 0 Å². The van der Waals surface area contributed by atoms with Crippen molar-refractivity contribution in [2.45, 2.75) is 64.1 Å². The Morgan fingerprint density at radius 3 is 2.47 bits per heavy atom. The molecular formula is C12H25NO2. The lowest BCUT2D eigenvalue weighted by molar-refractivity contribution is 0.0183. The summed E-state index contributed by atoms with van der Waals surface area (Å²) in [4.78, 5) is 2.25. The molecule has 3 nitrogen and oxygen atoms in total. The minimum absolute atomic E-state index is 0.182. The molecule has 2 N–H and O–H groups in total. The van der Waals surface area contributed by atoms with E-state index >= 15 is 0 Å². The van der Waals surface area contributed by atoms with Crippen molar-refractivity contribution in [2.75, 3.05) is 13.2 Å². The molecule has 3 heteroatoms. The molecule has 2 unspecified atom stereocenters. The van der Waals surface area contributed by atoms with Gasteiger partial charge in [-0.25, -0.2) is 0 Å². The number of rotatable bonds is 4. The Balaban J connectivity index is 2.61. The number of nitrogens with zero attached hydrogens (tertiary/aromatic N) is 1. The topological polar surface area (TPSA) is 43.7 Å². The van der Waals surface area contributed by atoms with Crippen LogP contribution in [0.4, 0.5) is 0 Å². The SMILES string of the molecule is CC(C)N(CCO)C1CCCCCC1O. The van der Waals surface area contributed by atoms with E-state index in [0.29, 0.717) is 12.6 Å². The predicted molar refractivity (Wildman–Crippen MR) is 61.8 cm³/mol. The largest absolute Gasteiger partial charge is 0.395 e. The van der Waals surface area contributed by atoms with Gasteiger partial charge in [-0.15, -0.1) is 0 Å². The third kappa shape index (κ3) is 3.74. The highest BCUT2D eigenvalue weighted by atomic mass is 16.3. The Hall–Kier alpha value is -0.120. The lowest BCUT2D eigenvalue weighted by Gasteiger charge is -2.36. The summed E-state index contributed by atoms with van der Waals surface area (Å²) in [7, 11) is 0. The van der Waals surface area contributed by atoms with Gasteiger partial charge in [-0.3, -0.25) is 4.90 Å². The van der Waals surface area contributed by atoms with E-state index in [1.807, 2.05) is 0 Å². The van der Waals surface area contributed by atoms with Gasteiger partial charge >= 0.3 is 0 Å². The fraction of sp³-hybridized carbons (Fsp3) is 1.00. The number of aliphatic hydroxyl groups excluding tert-OH is 2. The minimum atomic E-state index is -0.207. The predicted octanol–water partition coefficient (Wildman–Crippen LogP) is 1.38. The Morgan fingerprint density at radius 1 is 1.20 bits per heavy atom. The van der Waals surface area contributed by atoms with E-state index in [0.717, 1.165) is 19.3 Å². The lowest BCUT2D eigenvalue weighted by atomic mass is 10.0. The van der Waals surface area contributed by atoms with Crippen molar-refractivity contribution < 1.29 is 10.2 Å². The Kier molecular flexibility index (Phi) is 5.58. The highest BCUT2D eigenvalue weighted by molar-refractivity contribution is 4.83. The monoisotopic (exact) mass is 215 g/mol. The van der Waals surface area contributed by atoms with E-state index in [9.17, 15) is 5.11 Å². The van der Waals surface area contributed by atoms with Crippen LogP contribution < -0.4 is 0 Å². The molecule has 1 rings (SSSR count). The molecule has 1 fully saturated rings. The molecule has 0 aromatic carbocycles. The first kappa shape index (κ1) is 12.9. The molecule has 1 aliphatic rings. The molecule has 0 heterocycles. The summed E-state index contributed by atoms with van der Waals surface area (Å²) in [6.07, 6.45) is 5.36. The van der Waals surface area contributed by atoms with Crippen LogP contribution in [0.1, 0.15) is 46.0 Å². The first-order valence-electron chi connectivity index (χ1n) is 6.21. The van der Waals surface area contributed by atoms with Crippen LogP contribution in [0.2, 0.25) is 0 Å². The van der Waals surface area contributed by atoms with Crippen molar-refractivity contribution in [2.24, 2.45) is 0 Å². The van der Waals surface area contributed by atoms with Crippen LogP contribution in [-0.2, 0) is 0 Å². The van der Waals surface area contributed by atoms with Crippen molar-refractivity contribution in [1.29, 1.82) is 0 Å². The Morgan fingerprint density at radius 2 is 1.87 bits per heavy atom. The average molecular weight is 215 g/mol. The zero-order valence-electron chi connectivity index (χ0n) is 10.0. The molecule has 0 aromatic heterocycles. The fourth-order valence-electron chi connectivity index (χ4n) is 2.58. The second-order valence-electron chi connectivity index (χ2n) is 4.83. The molecule has 0 bridgehead atoms. The first-order valence-corrected chi connectivity index (χ1v) is 6.21. The van der Waals surface area contributed by atoms with Crippen molar-refractivity contribution in [3.8, 4) is 0 Å². The van der Waals surface area contributed by atoms with Gasteiger partial charge in [0.05, 0.1) is 12.7 Å². The van der Waals surface area contributed by atoms with Gasteiger partial charge in [-0.05, 0) is 26.7 Å². The molecular weight excluding hydrogens is 190 g/mol. The average Bonchev–Trinajstić information content (AvgIpc) is 2.39. The van der Waals surface area contributed by atoms with Gasteiger partial charge in [0.1, 0.15) is 0 Å². The number of hydrogen-bond acceptors (Lipinski definition) is 3. The van der Waals surface area contributed by atoms with Crippen molar-refractivity contribution >= 4 is 0 Å². The summed E-state index contributed by atoms with van der Waals surface area (Å²) in [5, 5.41) is 19.1. The van der Waals surface area contributed by atoms with Gasteiger partial charge < -0.3 is 10.2 Å². The van der Waals surface area contributed by atoms with Crippen LogP contribution in [0.5, 0.6) is 0 Å². The minimum Gasteiger partial charge on any atom is -0.395 e. The van der Waals surface area contributed by atoms with Gasteiger partial charge in [-0.1, -0.05) is 19.3 Å². The lowest BCUT2D eigenvalue weighted by Crippen LogP contribution is -2.48. The summed E-state index contributed by atoms with van der Waals surface area (Å²) < 4.78 is 0. The Labute approximate surface area is 93.1 Å². The normalized spacial score (nSPS) is 28.4. The van der Waals surface area contributed by atoms with Crippen molar-refractivity contribution in [3.63, 3.8) is 0 Å². The molecule has 2 atom stereocenters. The summed E-state index contributed by atoms with van der Waals surface area (Å²) in [6, 6.07) is 0.648. The van der Waals surface area contributed by atoms with Crippen LogP contribution >= 0.6 is 0 Å². The van der Waals surface area contributed by atoms with Crippen LogP contribution in [0.3, 0.4) is 0 Å². The van der Waals surface area contributed by atoms with Crippen LogP contribution in [-0.4, -0.2) is 46.5 Å². The van der Waals surface area contributed by atoms with Crippen molar-refractivity contribution in [3.05, 3.63) is 0 Å². The van der Waals surface area contributed by atoms with Gasteiger partial charge in [0, 0.05) is 18.6 Å². The summed E-state index contributed by atoms with van der Waals surface area (Å²) >= 11 is 0. The van der Waals surface area contributed by atoms with Gasteiger partial charge in [0.25, 0.3) is 0 Å². The molecule has 0 amide bonds. The fourth-order valence-corrected chi connectivity index (χ4v) is 2.58. The van der Waals surface area contributed by atoms with E-state index in [1.54, 1.807) is 0 Å². The zero-order valence-corrected chi connectivity index (χ0v) is 10.0. The summed E-state index contributed by atoms with van der Waals surface area (Å²) in [5.74, 6) is 0. The number of aliphatic hydroxyl groups is 2. The highest BCUT2D eigenvalue weighted by Gasteiger charge is 2.28. The van der Waals surface area contributed by atoms with Crippen LogP contribution in [0.15, 0.2) is 0 Å². The molecule has 1 saturated carbocycles. The first-order chi connectivity index (χ1) is 7.16. The number of hydrogen-bond donors (Lipinski definition) is 2. The maximum atomic E-state index is 10.1. The molecule has 0 spiro atoms. The molecule has 0 aromatic rings. The second-order valence-corrected chi connectivity index (χ2v) is 4.83. The quantitative estimate of drug-likeness (QED) is 0.696. The van der Waals surface area contributed by atoms with E-state index in [1.165, 1.54) is 12.8 Å². The van der Waals surface area contributed by atoms with Crippen LogP contribution in [0.25, 0.3) is 0 Å².